The van der Waals surface area contributed by atoms with Crippen molar-refractivity contribution in [2.45, 2.75) is 18.2 Å². The first-order valence-electron chi connectivity index (χ1n) is 4.19. The second-order valence-corrected chi connectivity index (χ2v) is 4.68. The molecule has 1 aromatic rings. The Kier molecular flexibility index (Phi) is 5.03. The van der Waals surface area contributed by atoms with Gasteiger partial charge in [-0.1, -0.05) is 15.9 Å². The van der Waals surface area contributed by atoms with E-state index in [0.717, 1.165) is 0 Å². The molecule has 0 saturated carbocycles. The summed E-state index contributed by atoms with van der Waals surface area (Å²) in [4.78, 5) is 14.5. The number of rotatable bonds is 4. The van der Waals surface area contributed by atoms with Gasteiger partial charge in [0.05, 0.1) is 17.8 Å². The van der Waals surface area contributed by atoms with Gasteiger partial charge in [0.2, 0.25) is 0 Å². The lowest BCUT2D eigenvalue weighted by Crippen LogP contribution is -2.09. The lowest BCUT2D eigenvalue weighted by Gasteiger charge is -2.09. The van der Waals surface area contributed by atoms with E-state index >= 15 is 0 Å². The summed E-state index contributed by atoms with van der Waals surface area (Å²) in [5.41, 5.74) is 0.190. The van der Waals surface area contributed by atoms with Gasteiger partial charge >= 0.3 is 5.97 Å². The lowest BCUT2D eigenvalue weighted by molar-refractivity contribution is -0.136. The number of aromatic nitrogens is 1. The molecule has 0 spiro atoms. The molecule has 0 atom stereocenters. The number of nitrogens with zero attached hydrogens (tertiary/aromatic N) is 1. The van der Waals surface area contributed by atoms with Crippen LogP contribution in [0.5, 0.6) is 0 Å². The fraction of sp³-hybridized carbons (Fsp3) is 0.333. The Morgan fingerprint density at radius 3 is 2.62 bits per heavy atom. The Hall–Kier alpha value is -0.310. The number of carbonyl (C=O) groups is 1. The van der Waals surface area contributed by atoms with Gasteiger partial charge in [0, 0.05) is 14.5 Å². The number of carboxylic acid groups (broad SMARTS) is 1. The van der Waals surface area contributed by atoms with Crippen molar-refractivity contribution in [1.82, 2.24) is 4.98 Å². The first-order valence-corrected chi connectivity index (χ1v) is 6.39. The maximum absolute atomic E-state index is 12.6. The SMILES string of the molecule is O=C(O)Cc1nc(CBr)c(I)cc1C(F)F. The quantitative estimate of drug-likeness (QED) is 0.618. The van der Waals surface area contributed by atoms with E-state index in [1.165, 1.54) is 6.07 Å². The lowest BCUT2D eigenvalue weighted by atomic mass is 10.1. The summed E-state index contributed by atoms with van der Waals surface area (Å²) in [6.45, 7) is 0. The molecule has 7 heteroatoms. The molecule has 0 radical (unpaired) electrons. The van der Waals surface area contributed by atoms with Crippen LogP contribution in [0, 0.1) is 3.57 Å². The van der Waals surface area contributed by atoms with E-state index in [1.807, 2.05) is 22.6 Å². The zero-order valence-electron chi connectivity index (χ0n) is 7.88. The minimum Gasteiger partial charge on any atom is -0.481 e. The van der Waals surface area contributed by atoms with Gasteiger partial charge in [0.25, 0.3) is 6.43 Å². The van der Waals surface area contributed by atoms with E-state index in [9.17, 15) is 13.6 Å². The van der Waals surface area contributed by atoms with Gasteiger partial charge < -0.3 is 5.11 Å². The molecule has 0 bridgehead atoms. The molecule has 0 aromatic carbocycles. The summed E-state index contributed by atoms with van der Waals surface area (Å²) < 4.78 is 25.9. The van der Waals surface area contributed by atoms with Gasteiger partial charge in [-0.3, -0.25) is 9.78 Å². The maximum atomic E-state index is 12.6. The van der Waals surface area contributed by atoms with E-state index in [1.54, 1.807) is 0 Å². The summed E-state index contributed by atoms with van der Waals surface area (Å²) in [5, 5.41) is 9.01. The van der Waals surface area contributed by atoms with Crippen LogP contribution in [-0.2, 0) is 16.5 Å². The normalized spacial score (nSPS) is 10.8. The highest BCUT2D eigenvalue weighted by molar-refractivity contribution is 14.1. The molecule has 0 aliphatic rings. The molecular weight excluding hydrogens is 399 g/mol. The first-order chi connectivity index (χ1) is 7.45. The standard InChI is InChI=1S/C9H7BrF2INO2/c10-3-7-5(13)1-4(9(11)12)6(14-7)2-8(15)16/h1,9H,2-3H2,(H,15,16). The summed E-state index contributed by atoms with van der Waals surface area (Å²) in [6.07, 6.45) is -3.20. The Morgan fingerprint density at radius 2 is 2.19 bits per heavy atom. The Balaban J connectivity index is 3.24. The molecule has 0 unspecified atom stereocenters. The van der Waals surface area contributed by atoms with Crippen LogP contribution < -0.4 is 0 Å². The minimum atomic E-state index is -2.71. The van der Waals surface area contributed by atoms with Crippen LogP contribution >= 0.6 is 38.5 Å². The highest BCUT2D eigenvalue weighted by Crippen LogP contribution is 2.26. The largest absolute Gasteiger partial charge is 0.481 e. The number of aliphatic carboxylic acids is 1. The van der Waals surface area contributed by atoms with Crippen LogP contribution in [0.2, 0.25) is 0 Å². The van der Waals surface area contributed by atoms with Gasteiger partial charge in [0.1, 0.15) is 0 Å². The molecule has 0 fully saturated rings. The highest BCUT2D eigenvalue weighted by Gasteiger charge is 2.18. The predicted octanol–water partition coefficient (Wildman–Crippen LogP) is 3.15. The Labute approximate surface area is 113 Å². The maximum Gasteiger partial charge on any atom is 0.309 e. The van der Waals surface area contributed by atoms with Gasteiger partial charge in [0.15, 0.2) is 0 Å². The van der Waals surface area contributed by atoms with Crippen molar-refractivity contribution >= 4 is 44.5 Å². The van der Waals surface area contributed by atoms with Crippen molar-refractivity contribution in [3.05, 3.63) is 26.6 Å². The molecule has 3 nitrogen and oxygen atoms in total. The summed E-state index contributed by atoms with van der Waals surface area (Å²) >= 11 is 5.06. The van der Waals surface area contributed by atoms with Crippen LogP contribution in [0.3, 0.4) is 0 Å². The van der Waals surface area contributed by atoms with E-state index in [-0.39, 0.29) is 11.3 Å². The number of hydrogen-bond donors (Lipinski definition) is 1. The fourth-order valence-corrected chi connectivity index (χ4v) is 2.75. The Bertz CT molecular complexity index is 415. The van der Waals surface area contributed by atoms with Gasteiger partial charge in [-0.2, -0.15) is 0 Å². The molecule has 0 amide bonds. The molecule has 0 saturated heterocycles. The molecule has 88 valence electrons. The highest BCUT2D eigenvalue weighted by atomic mass is 127. The summed E-state index contributed by atoms with van der Waals surface area (Å²) in [5.74, 6) is -1.17. The fourth-order valence-electron chi connectivity index (χ4n) is 1.15. The molecular formula is C9H7BrF2INO2. The molecule has 1 aromatic heterocycles. The molecule has 0 aliphatic carbocycles. The summed E-state index contributed by atoms with van der Waals surface area (Å²) in [7, 11) is 0. The van der Waals surface area contributed by atoms with Crippen LogP contribution in [0.25, 0.3) is 0 Å². The van der Waals surface area contributed by atoms with Crippen molar-refractivity contribution in [1.29, 1.82) is 0 Å². The van der Waals surface area contributed by atoms with Gasteiger partial charge in [-0.05, 0) is 28.7 Å². The van der Waals surface area contributed by atoms with Crippen molar-refractivity contribution in [3.63, 3.8) is 0 Å². The number of hydrogen-bond acceptors (Lipinski definition) is 2. The van der Waals surface area contributed by atoms with Gasteiger partial charge in [-0.15, -0.1) is 0 Å². The second kappa shape index (κ2) is 5.85. The van der Waals surface area contributed by atoms with Crippen LogP contribution in [0.1, 0.15) is 23.4 Å². The molecule has 16 heavy (non-hydrogen) atoms. The van der Waals surface area contributed by atoms with Crippen molar-refractivity contribution in [2.24, 2.45) is 0 Å². The zero-order chi connectivity index (χ0) is 12.3. The number of pyridine rings is 1. The molecule has 1 rings (SSSR count). The number of alkyl halides is 3. The number of halogens is 4. The van der Waals surface area contributed by atoms with E-state index in [4.69, 9.17) is 5.11 Å². The topological polar surface area (TPSA) is 50.2 Å². The monoisotopic (exact) mass is 405 g/mol. The first kappa shape index (κ1) is 13.8. The third-order valence-electron chi connectivity index (χ3n) is 1.84. The predicted molar refractivity (Wildman–Crippen MR) is 65.9 cm³/mol. The smallest absolute Gasteiger partial charge is 0.309 e. The second-order valence-electron chi connectivity index (χ2n) is 2.96. The molecule has 1 heterocycles. The van der Waals surface area contributed by atoms with Crippen LogP contribution in [0.15, 0.2) is 6.07 Å². The van der Waals surface area contributed by atoms with Crippen molar-refractivity contribution in [3.8, 4) is 0 Å². The van der Waals surface area contributed by atoms with Crippen molar-refractivity contribution < 1.29 is 18.7 Å². The third-order valence-corrected chi connectivity index (χ3v) is 3.31. The van der Waals surface area contributed by atoms with E-state index < -0.39 is 18.8 Å². The summed E-state index contributed by atoms with van der Waals surface area (Å²) in [6, 6.07) is 1.28. The van der Waals surface area contributed by atoms with Crippen LogP contribution in [0.4, 0.5) is 8.78 Å². The molecule has 1 N–H and O–H groups in total. The zero-order valence-corrected chi connectivity index (χ0v) is 11.6. The average Bonchev–Trinajstić information content (AvgIpc) is 2.19. The minimum absolute atomic E-state index is 0.0719. The van der Waals surface area contributed by atoms with Crippen molar-refractivity contribution in [2.75, 3.05) is 0 Å². The Morgan fingerprint density at radius 1 is 1.56 bits per heavy atom. The third kappa shape index (κ3) is 3.34. The van der Waals surface area contributed by atoms with Gasteiger partial charge in [-0.25, -0.2) is 8.78 Å². The number of carboxylic acids is 1. The van der Waals surface area contributed by atoms with E-state index in [0.29, 0.717) is 14.6 Å². The van der Waals surface area contributed by atoms with Crippen LogP contribution in [-0.4, -0.2) is 16.1 Å². The average molecular weight is 406 g/mol. The van der Waals surface area contributed by atoms with E-state index in [2.05, 4.69) is 20.9 Å². The molecule has 0 aliphatic heterocycles.